The second-order valence-corrected chi connectivity index (χ2v) is 7.74. The third-order valence-electron chi connectivity index (χ3n) is 3.84. The lowest BCUT2D eigenvalue weighted by molar-refractivity contribution is -0.130. The zero-order chi connectivity index (χ0) is 19.8. The summed E-state index contributed by atoms with van der Waals surface area (Å²) in [5.41, 5.74) is 0.653. The lowest BCUT2D eigenvalue weighted by Gasteiger charge is -2.20. The third-order valence-corrected chi connectivity index (χ3v) is 4.93. The lowest BCUT2D eigenvalue weighted by atomic mass is 10.1. The maximum atomic E-state index is 13.6. The van der Waals surface area contributed by atoms with Gasteiger partial charge in [-0.15, -0.1) is 11.8 Å². The van der Waals surface area contributed by atoms with Crippen molar-refractivity contribution in [2.75, 3.05) is 12.8 Å². The molecule has 0 bridgehead atoms. The van der Waals surface area contributed by atoms with Gasteiger partial charge in [0.05, 0.1) is 6.10 Å². The monoisotopic (exact) mass is 393 g/mol. The lowest BCUT2D eigenvalue weighted by Crippen LogP contribution is -2.26. The molecule has 2 aromatic carbocycles. The molecule has 0 unspecified atom stereocenters. The van der Waals surface area contributed by atoms with Crippen molar-refractivity contribution in [1.82, 2.24) is 4.90 Å². The number of halogens is 2. The Hall–Kier alpha value is -2.08. The smallest absolute Gasteiger partial charge is 0.222 e. The topological polar surface area (TPSA) is 29.5 Å². The Kier molecular flexibility index (Phi) is 8.10. The van der Waals surface area contributed by atoms with E-state index in [4.69, 9.17) is 4.74 Å². The highest BCUT2D eigenvalue weighted by molar-refractivity contribution is 7.99. The van der Waals surface area contributed by atoms with Gasteiger partial charge in [-0.25, -0.2) is 8.78 Å². The SMILES string of the molecule is CC(C)Oc1ccc(F)cc1CN(C)C(=O)CCCSc1ccc(F)cc1. The van der Waals surface area contributed by atoms with Crippen LogP contribution in [0.1, 0.15) is 32.3 Å². The Morgan fingerprint density at radius 3 is 2.44 bits per heavy atom. The number of benzene rings is 2. The molecule has 0 aromatic heterocycles. The average molecular weight is 393 g/mol. The zero-order valence-electron chi connectivity index (χ0n) is 15.9. The Morgan fingerprint density at radius 1 is 1.11 bits per heavy atom. The summed E-state index contributed by atoms with van der Waals surface area (Å²) in [5.74, 6) is 0.756. The summed E-state index contributed by atoms with van der Waals surface area (Å²) in [6.07, 6.45) is 1.09. The summed E-state index contributed by atoms with van der Waals surface area (Å²) in [6, 6.07) is 10.7. The number of hydrogen-bond donors (Lipinski definition) is 0. The van der Waals surface area contributed by atoms with Crippen molar-refractivity contribution in [2.45, 2.75) is 44.2 Å². The first-order chi connectivity index (χ1) is 12.8. The quantitative estimate of drug-likeness (QED) is 0.429. The maximum absolute atomic E-state index is 13.6. The summed E-state index contributed by atoms with van der Waals surface area (Å²) in [7, 11) is 1.71. The van der Waals surface area contributed by atoms with E-state index >= 15 is 0 Å². The Bertz CT molecular complexity index is 750. The van der Waals surface area contributed by atoms with E-state index in [-0.39, 0.29) is 23.6 Å². The van der Waals surface area contributed by atoms with Crippen LogP contribution in [-0.2, 0) is 11.3 Å². The molecule has 0 atom stereocenters. The highest BCUT2D eigenvalue weighted by Gasteiger charge is 2.14. The molecule has 0 saturated carbocycles. The van der Waals surface area contributed by atoms with Gasteiger partial charge in [0, 0.05) is 30.5 Å². The molecule has 146 valence electrons. The molecule has 0 aliphatic carbocycles. The predicted molar refractivity (Wildman–Crippen MR) is 105 cm³/mol. The molecule has 0 fully saturated rings. The normalized spacial score (nSPS) is 10.9. The van der Waals surface area contributed by atoms with Crippen LogP contribution >= 0.6 is 11.8 Å². The van der Waals surface area contributed by atoms with Gasteiger partial charge in [-0.2, -0.15) is 0 Å². The minimum atomic E-state index is -0.349. The molecular formula is C21H25F2NO2S. The van der Waals surface area contributed by atoms with Gasteiger partial charge in [0.2, 0.25) is 5.91 Å². The third kappa shape index (κ3) is 7.21. The summed E-state index contributed by atoms with van der Waals surface area (Å²) < 4.78 is 32.2. The van der Waals surface area contributed by atoms with E-state index in [1.807, 2.05) is 13.8 Å². The summed E-state index contributed by atoms with van der Waals surface area (Å²) in [4.78, 5) is 14.9. The van der Waals surface area contributed by atoms with E-state index in [0.29, 0.717) is 30.7 Å². The first kappa shape index (κ1) is 21.2. The molecule has 1 amide bonds. The maximum Gasteiger partial charge on any atom is 0.222 e. The average Bonchev–Trinajstić information content (AvgIpc) is 2.62. The van der Waals surface area contributed by atoms with Crippen LogP contribution in [0.25, 0.3) is 0 Å². The molecular weight excluding hydrogens is 368 g/mol. The number of carbonyl (C=O) groups is 1. The number of nitrogens with zero attached hydrogens (tertiary/aromatic N) is 1. The van der Waals surface area contributed by atoms with Gasteiger partial charge in [-0.1, -0.05) is 0 Å². The summed E-state index contributed by atoms with van der Waals surface area (Å²) >= 11 is 1.59. The molecule has 0 aliphatic heterocycles. The van der Waals surface area contributed by atoms with Crippen LogP contribution in [0.4, 0.5) is 8.78 Å². The van der Waals surface area contributed by atoms with Crippen molar-refractivity contribution in [3.63, 3.8) is 0 Å². The predicted octanol–water partition coefficient (Wildman–Crippen LogP) is 5.28. The van der Waals surface area contributed by atoms with Crippen molar-refractivity contribution >= 4 is 17.7 Å². The van der Waals surface area contributed by atoms with E-state index in [2.05, 4.69) is 0 Å². The van der Waals surface area contributed by atoms with Gasteiger partial charge in [0.1, 0.15) is 17.4 Å². The molecule has 6 heteroatoms. The van der Waals surface area contributed by atoms with Crippen molar-refractivity contribution in [2.24, 2.45) is 0 Å². The fourth-order valence-corrected chi connectivity index (χ4v) is 3.37. The van der Waals surface area contributed by atoms with Gasteiger partial charge in [-0.05, 0) is 68.5 Å². The van der Waals surface area contributed by atoms with Crippen LogP contribution in [0.5, 0.6) is 5.75 Å². The molecule has 3 nitrogen and oxygen atoms in total. The van der Waals surface area contributed by atoms with E-state index in [0.717, 1.165) is 10.6 Å². The van der Waals surface area contributed by atoms with Crippen molar-refractivity contribution in [1.29, 1.82) is 0 Å². The number of rotatable bonds is 9. The molecule has 0 radical (unpaired) electrons. The number of carbonyl (C=O) groups excluding carboxylic acids is 1. The zero-order valence-corrected chi connectivity index (χ0v) is 16.7. The molecule has 27 heavy (non-hydrogen) atoms. The molecule has 0 spiro atoms. The molecule has 0 saturated heterocycles. The second-order valence-electron chi connectivity index (χ2n) is 6.57. The molecule has 0 heterocycles. The minimum absolute atomic E-state index is 0.00513. The number of amides is 1. The van der Waals surface area contributed by atoms with Crippen molar-refractivity contribution in [3.8, 4) is 5.75 Å². The number of thioether (sulfide) groups is 1. The number of ether oxygens (including phenoxy) is 1. The molecule has 0 N–H and O–H groups in total. The van der Waals surface area contributed by atoms with E-state index < -0.39 is 0 Å². The second kappa shape index (κ2) is 10.3. The standard InChI is InChI=1S/C21H25F2NO2S/c1-15(2)26-20-11-8-18(23)13-16(20)14-24(3)21(25)5-4-12-27-19-9-6-17(22)7-10-19/h6-11,13,15H,4-5,12,14H2,1-3H3. The number of hydrogen-bond acceptors (Lipinski definition) is 3. The van der Waals surface area contributed by atoms with E-state index in [1.54, 1.807) is 41.9 Å². The Labute approximate surface area is 163 Å². The van der Waals surface area contributed by atoms with E-state index in [9.17, 15) is 13.6 Å². The van der Waals surface area contributed by atoms with Crippen LogP contribution in [0.15, 0.2) is 47.4 Å². The molecule has 0 aliphatic rings. The van der Waals surface area contributed by atoms with Crippen LogP contribution < -0.4 is 4.74 Å². The van der Waals surface area contributed by atoms with Crippen LogP contribution in [0.3, 0.4) is 0 Å². The van der Waals surface area contributed by atoms with Gasteiger partial charge in [0.15, 0.2) is 0 Å². The van der Waals surface area contributed by atoms with Crippen LogP contribution in [0.2, 0.25) is 0 Å². The fourth-order valence-electron chi connectivity index (χ4n) is 2.52. The first-order valence-electron chi connectivity index (χ1n) is 8.92. The van der Waals surface area contributed by atoms with Crippen LogP contribution in [0, 0.1) is 11.6 Å². The van der Waals surface area contributed by atoms with Gasteiger partial charge in [0.25, 0.3) is 0 Å². The van der Waals surface area contributed by atoms with E-state index in [1.165, 1.54) is 24.3 Å². The first-order valence-corrected chi connectivity index (χ1v) is 9.91. The summed E-state index contributed by atoms with van der Waals surface area (Å²) in [6.45, 7) is 4.10. The van der Waals surface area contributed by atoms with Gasteiger partial charge < -0.3 is 9.64 Å². The van der Waals surface area contributed by atoms with Crippen molar-refractivity contribution < 1.29 is 18.3 Å². The van der Waals surface area contributed by atoms with Crippen LogP contribution in [-0.4, -0.2) is 29.7 Å². The molecule has 2 aromatic rings. The van der Waals surface area contributed by atoms with Gasteiger partial charge >= 0.3 is 0 Å². The Morgan fingerprint density at radius 2 is 1.78 bits per heavy atom. The molecule has 2 rings (SSSR count). The van der Waals surface area contributed by atoms with Gasteiger partial charge in [-0.3, -0.25) is 4.79 Å². The fraction of sp³-hybridized carbons (Fsp3) is 0.381. The van der Waals surface area contributed by atoms with Crippen molar-refractivity contribution in [3.05, 3.63) is 59.7 Å². The highest BCUT2D eigenvalue weighted by atomic mass is 32.2. The minimum Gasteiger partial charge on any atom is -0.491 e. The largest absolute Gasteiger partial charge is 0.491 e. The Balaban J connectivity index is 1.83. The summed E-state index contributed by atoms with van der Waals surface area (Å²) in [5, 5.41) is 0. The highest BCUT2D eigenvalue weighted by Crippen LogP contribution is 2.23.